The van der Waals surface area contributed by atoms with Crippen molar-refractivity contribution in [1.29, 1.82) is 0 Å². The van der Waals surface area contributed by atoms with Gasteiger partial charge in [-0.1, -0.05) is 41.1 Å². The van der Waals surface area contributed by atoms with Crippen molar-refractivity contribution in [2.75, 3.05) is 7.11 Å². The first-order valence-corrected chi connectivity index (χ1v) is 8.97. The second-order valence-corrected chi connectivity index (χ2v) is 6.67. The Morgan fingerprint density at radius 1 is 1.12 bits per heavy atom. The zero-order valence-corrected chi connectivity index (χ0v) is 15.4. The van der Waals surface area contributed by atoms with Crippen LogP contribution in [0.5, 0.6) is 11.5 Å². The minimum Gasteiger partial charge on any atom is -0.496 e. The smallest absolute Gasteiger partial charge is 0.277 e. The first kappa shape index (κ1) is 17.6. The van der Waals surface area contributed by atoms with Crippen molar-refractivity contribution in [3.05, 3.63) is 64.5 Å². The van der Waals surface area contributed by atoms with Crippen molar-refractivity contribution < 1.29 is 13.9 Å². The summed E-state index contributed by atoms with van der Waals surface area (Å²) in [5.74, 6) is 2.59. The Kier molecular flexibility index (Phi) is 5.83. The van der Waals surface area contributed by atoms with Gasteiger partial charge in [0.05, 0.1) is 7.11 Å². The van der Waals surface area contributed by atoms with Gasteiger partial charge in [-0.2, -0.15) is 0 Å². The standard InChI is InChI=1S/C18H17ClN2O3S/c1-12-3-6-15(7-4-12)23-10-17-20-21-18(24-17)25-11-13-9-14(19)5-8-16(13)22-2/h3-9H,10-11H2,1-2H3. The largest absolute Gasteiger partial charge is 0.496 e. The van der Waals surface area contributed by atoms with Gasteiger partial charge in [-0.25, -0.2) is 0 Å². The number of ether oxygens (including phenoxy) is 2. The number of hydrogen-bond acceptors (Lipinski definition) is 6. The predicted octanol–water partition coefficient (Wildman–Crippen LogP) is 4.91. The number of rotatable bonds is 7. The number of nitrogens with zero attached hydrogens (tertiary/aromatic N) is 2. The van der Waals surface area contributed by atoms with Gasteiger partial charge in [-0.05, 0) is 37.3 Å². The van der Waals surface area contributed by atoms with Gasteiger partial charge in [0.1, 0.15) is 11.5 Å². The molecule has 3 aromatic rings. The maximum Gasteiger partial charge on any atom is 0.277 e. The van der Waals surface area contributed by atoms with Crippen LogP contribution < -0.4 is 9.47 Å². The van der Waals surface area contributed by atoms with E-state index in [9.17, 15) is 0 Å². The number of halogens is 1. The summed E-state index contributed by atoms with van der Waals surface area (Å²) in [7, 11) is 1.63. The molecule has 0 atom stereocenters. The van der Waals surface area contributed by atoms with Crippen LogP contribution in [0.3, 0.4) is 0 Å². The molecule has 0 aliphatic rings. The normalized spacial score (nSPS) is 10.7. The highest BCUT2D eigenvalue weighted by Crippen LogP contribution is 2.29. The molecule has 25 heavy (non-hydrogen) atoms. The third-order valence-electron chi connectivity index (χ3n) is 3.43. The van der Waals surface area contributed by atoms with E-state index in [-0.39, 0.29) is 6.61 Å². The van der Waals surface area contributed by atoms with Crippen molar-refractivity contribution in [1.82, 2.24) is 10.2 Å². The van der Waals surface area contributed by atoms with Crippen molar-refractivity contribution in [2.45, 2.75) is 24.5 Å². The van der Waals surface area contributed by atoms with Gasteiger partial charge in [0.2, 0.25) is 0 Å². The monoisotopic (exact) mass is 376 g/mol. The van der Waals surface area contributed by atoms with Gasteiger partial charge in [-0.15, -0.1) is 10.2 Å². The molecule has 0 aliphatic carbocycles. The van der Waals surface area contributed by atoms with Crippen molar-refractivity contribution in [2.24, 2.45) is 0 Å². The fourth-order valence-corrected chi connectivity index (χ4v) is 3.09. The van der Waals surface area contributed by atoms with Crippen LogP contribution in [-0.2, 0) is 12.4 Å². The second kappa shape index (κ2) is 8.27. The summed E-state index contributed by atoms with van der Waals surface area (Å²) in [5, 5.41) is 9.17. The Labute approximate surface area is 155 Å². The van der Waals surface area contributed by atoms with Crippen molar-refractivity contribution in [3.63, 3.8) is 0 Å². The van der Waals surface area contributed by atoms with Gasteiger partial charge in [0.25, 0.3) is 11.1 Å². The molecule has 0 unspecified atom stereocenters. The lowest BCUT2D eigenvalue weighted by atomic mass is 10.2. The van der Waals surface area contributed by atoms with Crippen LogP contribution in [0.4, 0.5) is 0 Å². The fourth-order valence-electron chi connectivity index (χ4n) is 2.13. The average molecular weight is 377 g/mol. The number of aryl methyl sites for hydroxylation is 1. The third-order valence-corrected chi connectivity index (χ3v) is 4.53. The van der Waals surface area contributed by atoms with Gasteiger partial charge >= 0.3 is 0 Å². The third kappa shape index (κ3) is 4.90. The summed E-state index contributed by atoms with van der Waals surface area (Å²) in [4.78, 5) is 0. The molecule has 3 rings (SSSR count). The van der Waals surface area contributed by atoms with Gasteiger partial charge in [0.15, 0.2) is 6.61 Å². The molecule has 0 saturated carbocycles. The molecule has 0 bridgehead atoms. The van der Waals surface area contributed by atoms with Crippen LogP contribution in [0.2, 0.25) is 5.02 Å². The van der Waals surface area contributed by atoms with Crippen LogP contribution in [-0.4, -0.2) is 17.3 Å². The van der Waals surface area contributed by atoms with E-state index in [0.29, 0.717) is 21.9 Å². The molecule has 5 nitrogen and oxygen atoms in total. The van der Waals surface area contributed by atoms with Gasteiger partial charge in [-0.3, -0.25) is 0 Å². The first-order valence-electron chi connectivity index (χ1n) is 7.61. The minimum atomic E-state index is 0.233. The van der Waals surface area contributed by atoms with Crippen LogP contribution in [0.25, 0.3) is 0 Å². The van der Waals surface area contributed by atoms with Crippen molar-refractivity contribution in [3.8, 4) is 11.5 Å². The summed E-state index contributed by atoms with van der Waals surface area (Å²) >= 11 is 7.46. The lowest BCUT2D eigenvalue weighted by Gasteiger charge is -2.07. The van der Waals surface area contributed by atoms with Gasteiger partial charge in [0, 0.05) is 16.3 Å². The van der Waals surface area contributed by atoms with E-state index in [0.717, 1.165) is 17.1 Å². The van der Waals surface area contributed by atoms with E-state index in [2.05, 4.69) is 10.2 Å². The predicted molar refractivity (Wildman–Crippen MR) is 97.4 cm³/mol. The molecule has 1 heterocycles. The SMILES string of the molecule is COc1ccc(Cl)cc1CSc1nnc(COc2ccc(C)cc2)o1. The fraction of sp³-hybridized carbons (Fsp3) is 0.222. The number of hydrogen-bond donors (Lipinski definition) is 0. The summed E-state index contributed by atoms with van der Waals surface area (Å²) in [6.07, 6.45) is 0. The zero-order valence-electron chi connectivity index (χ0n) is 13.9. The summed E-state index contributed by atoms with van der Waals surface area (Å²) < 4.78 is 16.6. The van der Waals surface area contributed by atoms with Crippen LogP contribution in [0.15, 0.2) is 52.1 Å². The summed E-state index contributed by atoms with van der Waals surface area (Å²) in [5.41, 5.74) is 2.15. The van der Waals surface area contributed by atoms with Crippen molar-refractivity contribution >= 4 is 23.4 Å². The highest BCUT2D eigenvalue weighted by atomic mass is 35.5. The average Bonchev–Trinajstić information content (AvgIpc) is 3.07. The molecular weight excluding hydrogens is 360 g/mol. The lowest BCUT2D eigenvalue weighted by molar-refractivity contribution is 0.252. The Bertz CT molecular complexity index is 837. The molecule has 0 saturated heterocycles. The van der Waals surface area contributed by atoms with Crippen LogP contribution >= 0.6 is 23.4 Å². The molecule has 0 spiro atoms. The molecular formula is C18H17ClN2O3S. The topological polar surface area (TPSA) is 57.4 Å². The molecule has 0 fully saturated rings. The van der Waals surface area contributed by atoms with Gasteiger partial charge < -0.3 is 13.9 Å². The van der Waals surface area contributed by atoms with E-state index in [1.807, 2.05) is 43.3 Å². The minimum absolute atomic E-state index is 0.233. The maximum absolute atomic E-state index is 6.04. The Morgan fingerprint density at radius 2 is 1.92 bits per heavy atom. The van der Waals surface area contributed by atoms with E-state index in [1.54, 1.807) is 13.2 Å². The van der Waals surface area contributed by atoms with E-state index in [4.69, 9.17) is 25.5 Å². The van der Waals surface area contributed by atoms with E-state index >= 15 is 0 Å². The number of methoxy groups -OCH3 is 1. The molecule has 130 valence electrons. The molecule has 7 heteroatoms. The van der Waals surface area contributed by atoms with Crippen LogP contribution in [0.1, 0.15) is 17.0 Å². The highest BCUT2D eigenvalue weighted by Gasteiger charge is 2.10. The molecule has 2 aromatic carbocycles. The van der Waals surface area contributed by atoms with Crippen LogP contribution in [0, 0.1) is 6.92 Å². The Morgan fingerprint density at radius 3 is 2.68 bits per heavy atom. The maximum atomic E-state index is 6.04. The Hall–Kier alpha value is -2.18. The highest BCUT2D eigenvalue weighted by molar-refractivity contribution is 7.98. The molecule has 1 aromatic heterocycles. The summed E-state index contributed by atoms with van der Waals surface area (Å²) in [6, 6.07) is 13.3. The molecule has 0 N–H and O–H groups in total. The number of thioether (sulfide) groups is 1. The molecule has 0 aliphatic heterocycles. The second-order valence-electron chi connectivity index (χ2n) is 5.31. The number of aromatic nitrogens is 2. The van der Waals surface area contributed by atoms with E-state index in [1.165, 1.54) is 17.3 Å². The molecule has 0 amide bonds. The van der Waals surface area contributed by atoms with E-state index < -0.39 is 0 Å². The zero-order chi connectivity index (χ0) is 17.6. The Balaban J connectivity index is 1.56. The first-order chi connectivity index (χ1) is 12.1. The molecule has 0 radical (unpaired) electrons. The lowest BCUT2D eigenvalue weighted by Crippen LogP contribution is -1.95. The quantitative estimate of drug-likeness (QED) is 0.546. The number of benzene rings is 2. The summed E-state index contributed by atoms with van der Waals surface area (Å²) in [6.45, 7) is 2.26.